The highest BCUT2D eigenvalue weighted by atomic mass is 32.2. The van der Waals surface area contributed by atoms with E-state index < -0.39 is 15.1 Å². The first-order chi connectivity index (χ1) is 14.1. The van der Waals surface area contributed by atoms with Crippen LogP contribution in [0.2, 0.25) is 0 Å². The summed E-state index contributed by atoms with van der Waals surface area (Å²) in [6.07, 6.45) is 2.79. The van der Waals surface area contributed by atoms with E-state index in [0.29, 0.717) is 23.3 Å². The number of amides is 1. The topological polar surface area (TPSA) is 54.5 Å². The summed E-state index contributed by atoms with van der Waals surface area (Å²) < 4.78 is 26.2. The van der Waals surface area contributed by atoms with E-state index in [-0.39, 0.29) is 18.0 Å². The Labute approximate surface area is 171 Å². The largest absolute Gasteiger partial charge is 0.333 e. The molecular formula is C24H23NO3S. The highest BCUT2D eigenvalue weighted by Crippen LogP contribution is 2.41. The van der Waals surface area contributed by atoms with Crippen LogP contribution in [0, 0.1) is 0 Å². The van der Waals surface area contributed by atoms with Gasteiger partial charge in [-0.3, -0.25) is 4.79 Å². The van der Waals surface area contributed by atoms with Crippen molar-refractivity contribution in [3.63, 3.8) is 0 Å². The quantitative estimate of drug-likeness (QED) is 0.647. The highest BCUT2D eigenvalue weighted by molar-refractivity contribution is 7.92. The first-order valence-electron chi connectivity index (χ1n) is 10.1. The third kappa shape index (κ3) is 3.04. The second-order valence-corrected chi connectivity index (χ2v) is 10.3. The zero-order chi connectivity index (χ0) is 20.0. The summed E-state index contributed by atoms with van der Waals surface area (Å²) in [7, 11) is -3.37. The van der Waals surface area contributed by atoms with Crippen LogP contribution < -0.4 is 0 Å². The molecule has 1 amide bonds. The molecule has 5 rings (SSSR count). The number of nitrogens with zero attached hydrogens (tertiary/aromatic N) is 1. The van der Waals surface area contributed by atoms with Gasteiger partial charge in [-0.1, -0.05) is 54.6 Å². The maximum atomic E-state index is 13.5. The molecule has 0 N–H and O–H groups in total. The highest BCUT2D eigenvalue weighted by Gasteiger charge is 2.47. The van der Waals surface area contributed by atoms with Crippen LogP contribution in [-0.2, 0) is 9.84 Å². The number of hydrogen-bond donors (Lipinski definition) is 0. The number of sulfone groups is 1. The van der Waals surface area contributed by atoms with E-state index in [1.165, 1.54) is 0 Å². The average molecular weight is 406 g/mol. The van der Waals surface area contributed by atoms with Gasteiger partial charge in [0.05, 0.1) is 10.1 Å². The van der Waals surface area contributed by atoms with Gasteiger partial charge in [0.1, 0.15) is 0 Å². The van der Waals surface area contributed by atoms with Gasteiger partial charge in [0.25, 0.3) is 5.91 Å². The van der Waals surface area contributed by atoms with E-state index in [1.807, 2.05) is 53.4 Å². The van der Waals surface area contributed by atoms with Crippen molar-refractivity contribution in [1.29, 1.82) is 0 Å². The standard InChI is InChI=1S/C24H23NO3S/c26-24(23-12-6-8-17-7-4-5-11-22(17)23)25-18-13-14-19(25)16-21(15-18)29(27,28)20-9-2-1-3-10-20/h1-12,18-19,21H,13-16H2. The van der Waals surface area contributed by atoms with Crippen LogP contribution in [0.15, 0.2) is 77.7 Å². The molecule has 2 aliphatic rings. The van der Waals surface area contributed by atoms with Gasteiger partial charge in [-0.15, -0.1) is 0 Å². The molecule has 2 atom stereocenters. The van der Waals surface area contributed by atoms with Crippen molar-refractivity contribution in [1.82, 2.24) is 4.90 Å². The van der Waals surface area contributed by atoms with Crippen LogP contribution in [0.3, 0.4) is 0 Å². The van der Waals surface area contributed by atoms with E-state index in [1.54, 1.807) is 24.3 Å². The predicted molar refractivity (Wildman–Crippen MR) is 114 cm³/mol. The molecule has 2 aliphatic heterocycles. The van der Waals surface area contributed by atoms with Gasteiger partial charge in [-0.25, -0.2) is 8.42 Å². The molecule has 0 aliphatic carbocycles. The SMILES string of the molecule is O=C(c1cccc2ccccc12)N1C2CCC1CC(S(=O)(=O)c1ccccc1)C2. The number of benzene rings is 3. The molecule has 148 valence electrons. The smallest absolute Gasteiger partial charge is 0.254 e. The predicted octanol–water partition coefficient (Wildman–Crippen LogP) is 4.45. The van der Waals surface area contributed by atoms with E-state index in [0.717, 1.165) is 23.6 Å². The molecule has 3 aromatic carbocycles. The van der Waals surface area contributed by atoms with Gasteiger partial charge in [-0.2, -0.15) is 0 Å². The Morgan fingerprint density at radius 3 is 2.14 bits per heavy atom. The molecule has 3 aromatic rings. The second kappa shape index (κ2) is 6.99. The fraction of sp³-hybridized carbons (Fsp3) is 0.292. The summed E-state index contributed by atoms with van der Waals surface area (Å²) in [5.74, 6) is 0.0323. The monoisotopic (exact) mass is 405 g/mol. The van der Waals surface area contributed by atoms with Crippen LogP contribution in [0.1, 0.15) is 36.0 Å². The van der Waals surface area contributed by atoms with Gasteiger partial charge >= 0.3 is 0 Å². The lowest BCUT2D eigenvalue weighted by Gasteiger charge is -2.39. The molecule has 2 saturated heterocycles. The lowest BCUT2D eigenvalue weighted by molar-refractivity contribution is 0.0600. The average Bonchev–Trinajstić information content (AvgIpc) is 3.02. The maximum Gasteiger partial charge on any atom is 0.254 e. The Bertz CT molecular complexity index is 1150. The molecule has 5 heteroatoms. The van der Waals surface area contributed by atoms with Crippen molar-refractivity contribution in [3.8, 4) is 0 Å². The summed E-state index contributed by atoms with van der Waals surface area (Å²) in [5.41, 5.74) is 0.712. The maximum absolute atomic E-state index is 13.5. The van der Waals surface area contributed by atoms with Crippen LogP contribution in [0.4, 0.5) is 0 Å². The van der Waals surface area contributed by atoms with E-state index in [2.05, 4.69) is 0 Å². The number of fused-ring (bicyclic) bond motifs is 3. The van der Waals surface area contributed by atoms with E-state index >= 15 is 0 Å². The van der Waals surface area contributed by atoms with E-state index in [9.17, 15) is 13.2 Å². The lowest BCUT2D eigenvalue weighted by Crippen LogP contribution is -2.49. The molecule has 2 fully saturated rings. The molecule has 2 heterocycles. The zero-order valence-electron chi connectivity index (χ0n) is 16.1. The fourth-order valence-corrected chi connectivity index (χ4v) is 6.94. The molecular weight excluding hydrogens is 382 g/mol. The number of carbonyl (C=O) groups excluding carboxylic acids is 1. The molecule has 2 bridgehead atoms. The molecule has 0 spiro atoms. The Hall–Kier alpha value is -2.66. The van der Waals surface area contributed by atoms with Crippen LogP contribution in [-0.4, -0.2) is 36.6 Å². The minimum atomic E-state index is -3.37. The molecule has 0 radical (unpaired) electrons. The van der Waals surface area contributed by atoms with E-state index in [4.69, 9.17) is 0 Å². The van der Waals surface area contributed by atoms with Gasteiger partial charge in [0.15, 0.2) is 9.84 Å². The normalized spacial score (nSPS) is 24.0. The summed E-state index contributed by atoms with van der Waals surface area (Å²) >= 11 is 0. The van der Waals surface area contributed by atoms with Crippen molar-refractivity contribution in [2.75, 3.05) is 0 Å². The van der Waals surface area contributed by atoms with Crippen molar-refractivity contribution in [2.45, 2.75) is 47.9 Å². The zero-order valence-corrected chi connectivity index (χ0v) is 16.9. The van der Waals surface area contributed by atoms with Crippen LogP contribution >= 0.6 is 0 Å². The minimum absolute atomic E-state index is 0.0105. The van der Waals surface area contributed by atoms with Gasteiger partial charge < -0.3 is 4.90 Å². The molecule has 0 saturated carbocycles. The van der Waals surface area contributed by atoms with Gasteiger partial charge in [-0.05, 0) is 54.7 Å². The number of carbonyl (C=O) groups is 1. The Morgan fingerprint density at radius 1 is 0.793 bits per heavy atom. The second-order valence-electron chi connectivity index (χ2n) is 8.08. The Kier molecular flexibility index (Phi) is 4.43. The molecule has 4 nitrogen and oxygen atoms in total. The van der Waals surface area contributed by atoms with Crippen LogP contribution in [0.5, 0.6) is 0 Å². The summed E-state index contributed by atoms with van der Waals surface area (Å²) in [6.45, 7) is 0. The first kappa shape index (κ1) is 18.4. The molecule has 2 unspecified atom stereocenters. The Balaban J connectivity index is 1.44. The van der Waals surface area contributed by atoms with Crippen molar-refractivity contribution in [2.24, 2.45) is 0 Å². The third-order valence-corrected chi connectivity index (χ3v) is 8.65. The fourth-order valence-electron chi connectivity index (χ4n) is 5.07. The van der Waals surface area contributed by atoms with Crippen molar-refractivity contribution >= 4 is 26.5 Å². The number of piperidine rings is 1. The Morgan fingerprint density at radius 2 is 1.41 bits per heavy atom. The number of hydrogen-bond acceptors (Lipinski definition) is 3. The summed E-state index contributed by atoms with van der Waals surface area (Å²) in [4.78, 5) is 15.8. The molecule has 0 aromatic heterocycles. The summed E-state index contributed by atoms with van der Waals surface area (Å²) in [6, 6.07) is 22.4. The first-order valence-corrected chi connectivity index (χ1v) is 11.7. The van der Waals surface area contributed by atoms with Crippen molar-refractivity contribution in [3.05, 3.63) is 78.4 Å². The number of rotatable bonds is 3. The van der Waals surface area contributed by atoms with Gasteiger partial charge in [0.2, 0.25) is 0 Å². The minimum Gasteiger partial charge on any atom is -0.333 e. The van der Waals surface area contributed by atoms with Crippen molar-refractivity contribution < 1.29 is 13.2 Å². The molecule has 29 heavy (non-hydrogen) atoms. The lowest BCUT2D eigenvalue weighted by atomic mass is 9.98. The summed E-state index contributed by atoms with van der Waals surface area (Å²) in [5, 5.41) is 1.59. The third-order valence-electron chi connectivity index (χ3n) is 6.45. The van der Waals surface area contributed by atoms with Gasteiger partial charge in [0, 0.05) is 17.6 Å². The van der Waals surface area contributed by atoms with Crippen LogP contribution in [0.25, 0.3) is 10.8 Å².